The summed E-state index contributed by atoms with van der Waals surface area (Å²) in [6.45, 7) is 7.13. The van der Waals surface area contributed by atoms with Gasteiger partial charge >= 0.3 is 0 Å². The maximum absolute atomic E-state index is 12.6. The molecule has 58 heavy (non-hydrogen) atoms. The summed E-state index contributed by atoms with van der Waals surface area (Å²) in [4.78, 5) is 55.8. The van der Waals surface area contributed by atoms with Gasteiger partial charge in [-0.3, -0.25) is 29.4 Å². The van der Waals surface area contributed by atoms with Gasteiger partial charge < -0.3 is 31.1 Å². The van der Waals surface area contributed by atoms with Gasteiger partial charge in [-0.25, -0.2) is 19.9 Å². The van der Waals surface area contributed by atoms with Crippen LogP contribution in [0.2, 0.25) is 0 Å². The highest BCUT2D eigenvalue weighted by Crippen LogP contribution is 2.36. The van der Waals surface area contributed by atoms with Crippen LogP contribution in [0, 0.1) is 0 Å². The number of hydrogen-bond acceptors (Lipinski definition) is 14. The number of pyridine rings is 2. The van der Waals surface area contributed by atoms with Crippen molar-refractivity contribution in [2.75, 3.05) is 33.5 Å². The molecule has 16 heteroatoms. The van der Waals surface area contributed by atoms with E-state index in [1.165, 1.54) is 0 Å². The number of aliphatic hydroxyl groups excluding tert-OH is 2. The second-order valence-electron chi connectivity index (χ2n) is 16.0. The van der Waals surface area contributed by atoms with Crippen LogP contribution in [0.4, 0.5) is 23.3 Å². The van der Waals surface area contributed by atoms with E-state index in [2.05, 4.69) is 30.6 Å². The Bertz CT molecular complexity index is 1890. The molecule has 2 amide bonds. The van der Waals surface area contributed by atoms with Crippen molar-refractivity contribution in [3.05, 3.63) is 60.4 Å². The number of fused-ring (bicyclic) bond motifs is 2. The maximum atomic E-state index is 12.6. The first-order valence-electron chi connectivity index (χ1n) is 19.3. The van der Waals surface area contributed by atoms with E-state index < -0.39 is 11.2 Å². The quantitative estimate of drug-likeness (QED) is 0.152. The van der Waals surface area contributed by atoms with Crippen molar-refractivity contribution < 1.29 is 30.0 Å². The third-order valence-electron chi connectivity index (χ3n) is 10.8. The minimum absolute atomic E-state index is 0. The molecule has 0 saturated heterocycles. The molecule has 0 spiro atoms. The summed E-state index contributed by atoms with van der Waals surface area (Å²) in [7, 11) is 0. The van der Waals surface area contributed by atoms with Crippen molar-refractivity contribution in [2.45, 2.75) is 129 Å². The minimum Gasteiger partial charge on any atom is -0.393 e. The highest BCUT2D eigenvalue weighted by Gasteiger charge is 2.36. The Hall–Kier alpha value is -5.16. The predicted molar refractivity (Wildman–Crippen MR) is 223 cm³/mol. The number of amides is 2. The van der Waals surface area contributed by atoms with Crippen LogP contribution in [0.15, 0.2) is 49.1 Å². The molecule has 16 nitrogen and oxygen atoms in total. The van der Waals surface area contributed by atoms with Gasteiger partial charge in [0.25, 0.3) is 0 Å². The summed E-state index contributed by atoms with van der Waals surface area (Å²) in [5, 5.41) is 45.8. The zero-order valence-electron chi connectivity index (χ0n) is 32.2. The maximum Gasteiger partial charge on any atom is 0.247 e. The van der Waals surface area contributed by atoms with Crippen LogP contribution < -0.4 is 20.4 Å². The lowest BCUT2D eigenvalue weighted by Gasteiger charge is -2.38. The Labute approximate surface area is 340 Å². The van der Waals surface area contributed by atoms with Gasteiger partial charge in [-0.05, 0) is 103 Å². The SMILES string of the molecule is C.C.CC(C)(O)c1ccc(-c2cnc3c(n2)N(C2CCC(O)CC2)C(=O)CN3)cn1.CC(C)(O)c1ccc(-c2cnc3c(n2)N(C2CCC(O)CC2)C(=O)CN3)cn1. The van der Waals surface area contributed by atoms with Crippen LogP contribution in [-0.2, 0) is 20.8 Å². The molecular formula is C42H58N10O6. The van der Waals surface area contributed by atoms with E-state index in [4.69, 9.17) is 9.97 Å². The first-order chi connectivity index (χ1) is 26.7. The summed E-state index contributed by atoms with van der Waals surface area (Å²) < 4.78 is 0. The van der Waals surface area contributed by atoms with Crippen molar-refractivity contribution >= 4 is 35.1 Å². The van der Waals surface area contributed by atoms with Crippen LogP contribution in [0.1, 0.15) is 105 Å². The van der Waals surface area contributed by atoms with Crippen molar-refractivity contribution in [1.82, 2.24) is 29.9 Å². The lowest BCUT2D eigenvalue weighted by Crippen LogP contribution is -2.49. The Morgan fingerprint density at radius 3 is 1.24 bits per heavy atom. The summed E-state index contributed by atoms with van der Waals surface area (Å²) in [5.74, 6) is 2.18. The number of nitrogens with zero attached hydrogens (tertiary/aromatic N) is 8. The standard InChI is InChI=1S/2C20H25N5O3.2CH4/c2*1-20(2,28)16-8-3-12(9-21-16)15-10-22-18-19(24-15)25(17(27)11-23-18)13-4-6-14(26)7-5-13;;/h2*3,8-10,13-14,26,28H,4-7,11H2,1-2H3,(H,22,23);2*1H4. The fraction of sp³-hybridized carbons (Fsp3) is 0.524. The molecule has 6 heterocycles. The smallest absolute Gasteiger partial charge is 0.247 e. The molecular weight excluding hydrogens is 741 g/mol. The molecule has 2 fully saturated rings. The van der Waals surface area contributed by atoms with E-state index in [0.29, 0.717) is 71.7 Å². The van der Waals surface area contributed by atoms with Crippen molar-refractivity contribution in [2.24, 2.45) is 0 Å². The van der Waals surface area contributed by atoms with Crippen LogP contribution in [0.25, 0.3) is 22.5 Å². The second-order valence-corrected chi connectivity index (χ2v) is 16.0. The zero-order chi connectivity index (χ0) is 39.8. The Kier molecular flexibility index (Phi) is 13.5. The van der Waals surface area contributed by atoms with Gasteiger partial charge in [0.2, 0.25) is 11.8 Å². The van der Waals surface area contributed by atoms with E-state index in [1.54, 1.807) is 74.4 Å². The number of rotatable bonds is 6. The third kappa shape index (κ3) is 9.58. The van der Waals surface area contributed by atoms with Gasteiger partial charge in [0, 0.05) is 35.6 Å². The van der Waals surface area contributed by atoms with E-state index in [-0.39, 0.29) is 64.0 Å². The minimum atomic E-state index is -1.02. The molecule has 6 N–H and O–H groups in total. The van der Waals surface area contributed by atoms with Crippen LogP contribution >= 0.6 is 0 Å². The summed E-state index contributed by atoms with van der Waals surface area (Å²) in [5.41, 5.74) is 1.87. The average molecular weight is 799 g/mol. The molecule has 2 saturated carbocycles. The molecule has 0 radical (unpaired) electrons. The van der Waals surface area contributed by atoms with Gasteiger partial charge in [-0.2, -0.15) is 0 Å². The third-order valence-corrected chi connectivity index (χ3v) is 10.8. The Morgan fingerprint density at radius 1 is 0.569 bits per heavy atom. The summed E-state index contributed by atoms with van der Waals surface area (Å²) in [6, 6.07) is 7.26. The predicted octanol–water partition coefficient (Wildman–Crippen LogP) is 4.93. The monoisotopic (exact) mass is 798 g/mol. The fourth-order valence-corrected chi connectivity index (χ4v) is 7.55. The topological polar surface area (TPSA) is 223 Å². The van der Waals surface area contributed by atoms with Gasteiger partial charge in [-0.1, -0.05) is 14.9 Å². The number of aromatic nitrogens is 6. The highest BCUT2D eigenvalue weighted by molar-refractivity contribution is 6.02. The molecule has 2 aliphatic carbocycles. The van der Waals surface area contributed by atoms with Crippen molar-refractivity contribution in [3.63, 3.8) is 0 Å². The van der Waals surface area contributed by atoms with Gasteiger partial charge in [-0.15, -0.1) is 0 Å². The van der Waals surface area contributed by atoms with Crippen molar-refractivity contribution in [1.29, 1.82) is 0 Å². The van der Waals surface area contributed by atoms with E-state index >= 15 is 0 Å². The molecule has 0 unspecified atom stereocenters. The average Bonchev–Trinajstić information content (AvgIpc) is 3.18. The molecule has 4 aromatic rings. The number of carbonyl (C=O) groups is 2. The molecule has 0 aromatic carbocycles. The van der Waals surface area contributed by atoms with E-state index in [0.717, 1.165) is 36.8 Å². The van der Waals surface area contributed by atoms with Gasteiger partial charge in [0.1, 0.15) is 11.2 Å². The summed E-state index contributed by atoms with van der Waals surface area (Å²) >= 11 is 0. The lowest BCUT2D eigenvalue weighted by atomic mass is 9.91. The number of hydrogen-bond donors (Lipinski definition) is 6. The fourth-order valence-electron chi connectivity index (χ4n) is 7.55. The first-order valence-corrected chi connectivity index (χ1v) is 19.3. The Morgan fingerprint density at radius 2 is 0.931 bits per heavy atom. The molecule has 0 bridgehead atoms. The molecule has 8 rings (SSSR count). The largest absolute Gasteiger partial charge is 0.393 e. The number of aliphatic hydroxyl groups is 4. The highest BCUT2D eigenvalue weighted by atomic mass is 16.3. The normalized spacial score (nSPS) is 21.8. The molecule has 4 aromatic heterocycles. The lowest BCUT2D eigenvalue weighted by molar-refractivity contribution is -0.118. The first kappa shape index (κ1) is 44.0. The van der Waals surface area contributed by atoms with Crippen molar-refractivity contribution in [3.8, 4) is 22.5 Å². The molecule has 4 aliphatic rings. The Balaban J connectivity index is 0.000000214. The second kappa shape index (κ2) is 17.8. The summed E-state index contributed by atoms with van der Waals surface area (Å²) in [6.07, 6.45) is 11.8. The zero-order valence-corrected chi connectivity index (χ0v) is 32.2. The van der Waals surface area contributed by atoms with Crippen LogP contribution in [0.5, 0.6) is 0 Å². The van der Waals surface area contributed by atoms with E-state index in [9.17, 15) is 30.0 Å². The van der Waals surface area contributed by atoms with Crippen LogP contribution in [0.3, 0.4) is 0 Å². The molecule has 2 aliphatic heterocycles. The van der Waals surface area contributed by atoms with E-state index in [1.807, 2.05) is 12.1 Å². The van der Waals surface area contributed by atoms with Gasteiger partial charge in [0.05, 0.1) is 60.5 Å². The number of nitrogens with one attached hydrogen (secondary N) is 2. The number of anilines is 4. The number of carbonyl (C=O) groups excluding carboxylic acids is 2. The van der Waals surface area contributed by atoms with Gasteiger partial charge in [0.15, 0.2) is 23.3 Å². The molecule has 312 valence electrons. The van der Waals surface area contributed by atoms with Crippen LogP contribution in [-0.4, -0.2) is 99.5 Å². The molecule has 0 atom stereocenters.